The van der Waals surface area contributed by atoms with E-state index in [4.69, 9.17) is 11.6 Å². The Morgan fingerprint density at radius 2 is 1.87 bits per heavy atom. The summed E-state index contributed by atoms with van der Waals surface area (Å²) in [5.41, 5.74) is -2.36. The van der Waals surface area contributed by atoms with E-state index in [-0.39, 0.29) is 8.59 Å². The van der Waals surface area contributed by atoms with Gasteiger partial charge in [0.05, 0.1) is 8.59 Å². The Morgan fingerprint density at radius 3 is 2.27 bits per heavy atom. The molecule has 0 fully saturated rings. The van der Waals surface area contributed by atoms with Gasteiger partial charge in [0.2, 0.25) is 0 Å². The summed E-state index contributed by atoms with van der Waals surface area (Å²) >= 11 is 6.70. The van der Waals surface area contributed by atoms with Crippen LogP contribution < -0.4 is 0 Å². The summed E-state index contributed by atoms with van der Waals surface area (Å²) in [6, 6.07) is 0.725. The fourth-order valence-corrected chi connectivity index (χ4v) is 1.60. The Kier molecular flexibility index (Phi) is 3.75. The Labute approximate surface area is 99.8 Å². The van der Waals surface area contributed by atoms with Crippen LogP contribution in [-0.2, 0) is 6.18 Å². The second-order valence-electron chi connectivity index (χ2n) is 2.49. The molecule has 0 aliphatic rings. The third-order valence-corrected chi connectivity index (χ3v) is 3.13. The van der Waals surface area contributed by atoms with E-state index in [0.717, 1.165) is 6.07 Å². The maximum absolute atomic E-state index is 12.3. The predicted molar refractivity (Wildman–Crippen MR) is 51.9 cm³/mol. The molecule has 0 saturated carbocycles. The quantitative estimate of drug-likeness (QED) is 0.540. The van der Waals surface area contributed by atoms with Crippen LogP contribution in [0.2, 0.25) is 5.02 Å². The fourth-order valence-electron chi connectivity index (χ4n) is 0.816. The minimum atomic E-state index is -4.79. The topological polar surface area (TPSA) is 12.9 Å². The molecule has 0 radical (unpaired) electrons. The van der Waals surface area contributed by atoms with E-state index in [1.54, 1.807) is 0 Å². The van der Waals surface area contributed by atoms with Crippen molar-refractivity contribution in [3.63, 3.8) is 0 Å². The first-order chi connectivity index (χ1) is 6.73. The summed E-state index contributed by atoms with van der Waals surface area (Å²) in [6.07, 6.45) is -7.87. The molecule has 0 unspecified atom stereocenters. The molecule has 84 valence electrons. The first-order valence-electron chi connectivity index (χ1n) is 3.44. The third kappa shape index (κ3) is 2.90. The van der Waals surface area contributed by atoms with Crippen molar-refractivity contribution < 1.29 is 22.0 Å². The lowest BCUT2D eigenvalue weighted by molar-refractivity contribution is -0.142. The van der Waals surface area contributed by atoms with Crippen molar-refractivity contribution in [3.8, 4) is 0 Å². The van der Waals surface area contributed by atoms with Gasteiger partial charge in [0.25, 0.3) is 6.43 Å². The zero-order valence-electron chi connectivity index (χ0n) is 6.75. The molecule has 15 heavy (non-hydrogen) atoms. The van der Waals surface area contributed by atoms with Crippen molar-refractivity contribution in [2.45, 2.75) is 12.6 Å². The van der Waals surface area contributed by atoms with Crippen LogP contribution in [0.4, 0.5) is 22.0 Å². The Morgan fingerprint density at radius 1 is 1.33 bits per heavy atom. The number of pyridine rings is 1. The van der Waals surface area contributed by atoms with E-state index < -0.39 is 24.0 Å². The average Bonchev–Trinajstić information content (AvgIpc) is 2.06. The molecule has 1 rings (SSSR count). The van der Waals surface area contributed by atoms with Crippen molar-refractivity contribution in [1.82, 2.24) is 4.98 Å². The molecule has 0 saturated heterocycles. The molecule has 0 atom stereocenters. The van der Waals surface area contributed by atoms with Gasteiger partial charge in [-0.3, -0.25) is 0 Å². The smallest absolute Gasteiger partial charge is 0.241 e. The van der Waals surface area contributed by atoms with Crippen LogP contribution in [0.5, 0.6) is 0 Å². The zero-order valence-corrected chi connectivity index (χ0v) is 9.66. The highest BCUT2D eigenvalue weighted by molar-refractivity contribution is 14.1. The summed E-state index contributed by atoms with van der Waals surface area (Å²) in [5, 5.41) is -0.381. The molecule has 1 nitrogen and oxygen atoms in total. The number of aromatic nitrogens is 1. The molecule has 8 heteroatoms. The summed E-state index contributed by atoms with van der Waals surface area (Å²) < 4.78 is 60.8. The number of rotatable bonds is 1. The molecule has 1 heterocycles. The molecular weight excluding hydrogens is 355 g/mol. The van der Waals surface area contributed by atoms with E-state index in [1.165, 1.54) is 22.6 Å². The minimum absolute atomic E-state index is 0.381. The highest BCUT2D eigenvalue weighted by Gasteiger charge is 2.37. The van der Waals surface area contributed by atoms with Gasteiger partial charge in [-0.25, -0.2) is 13.8 Å². The number of halogens is 7. The number of nitrogens with zero attached hydrogens (tertiary/aromatic N) is 1. The van der Waals surface area contributed by atoms with Crippen molar-refractivity contribution in [2.75, 3.05) is 0 Å². The van der Waals surface area contributed by atoms with Gasteiger partial charge < -0.3 is 0 Å². The maximum Gasteiger partial charge on any atom is 0.434 e. The maximum atomic E-state index is 12.3. The van der Waals surface area contributed by atoms with Crippen LogP contribution in [0.15, 0.2) is 6.07 Å². The molecule has 0 amide bonds. The third-order valence-electron chi connectivity index (χ3n) is 1.43. The van der Waals surface area contributed by atoms with Crippen LogP contribution in [-0.4, -0.2) is 4.98 Å². The molecule has 0 aromatic carbocycles. The molecule has 0 spiro atoms. The van der Waals surface area contributed by atoms with Crippen LogP contribution in [0.3, 0.4) is 0 Å². The summed E-state index contributed by atoms with van der Waals surface area (Å²) in [4.78, 5) is 2.84. The van der Waals surface area contributed by atoms with Gasteiger partial charge >= 0.3 is 6.18 Å². The van der Waals surface area contributed by atoms with E-state index >= 15 is 0 Å². The van der Waals surface area contributed by atoms with Gasteiger partial charge in [0.1, 0.15) is 5.69 Å². The highest BCUT2D eigenvalue weighted by Crippen LogP contribution is 2.36. The van der Waals surface area contributed by atoms with Crippen molar-refractivity contribution in [1.29, 1.82) is 0 Å². The molecule has 0 bridgehead atoms. The Balaban J connectivity index is 3.38. The molecule has 0 N–H and O–H groups in total. The SMILES string of the molecule is FC(F)c1cc(Cl)c(I)c(C(F)(F)F)n1. The molecule has 1 aromatic rings. The lowest BCUT2D eigenvalue weighted by Gasteiger charge is -2.11. The summed E-state index contributed by atoms with van der Waals surface area (Å²) in [5.74, 6) is 0. The van der Waals surface area contributed by atoms with E-state index in [9.17, 15) is 22.0 Å². The van der Waals surface area contributed by atoms with Crippen LogP contribution >= 0.6 is 34.2 Å². The van der Waals surface area contributed by atoms with Crippen molar-refractivity contribution >= 4 is 34.2 Å². The molecular formula is C7H2ClF5IN. The van der Waals surface area contributed by atoms with Crippen LogP contribution in [0, 0.1) is 3.57 Å². The predicted octanol–water partition coefficient (Wildman–Crippen LogP) is 4.30. The van der Waals surface area contributed by atoms with Crippen molar-refractivity contribution in [2.24, 2.45) is 0 Å². The number of hydrogen-bond acceptors (Lipinski definition) is 1. The standard InChI is InChI=1S/C7H2ClF5IN/c8-2-1-3(6(9)10)15-5(4(2)14)7(11,12)13/h1,6H. The zero-order chi connectivity index (χ0) is 11.8. The van der Waals surface area contributed by atoms with E-state index in [0.29, 0.717) is 0 Å². The first kappa shape index (κ1) is 12.9. The first-order valence-corrected chi connectivity index (χ1v) is 4.90. The van der Waals surface area contributed by atoms with Crippen molar-refractivity contribution in [3.05, 3.63) is 26.0 Å². The molecule has 0 aliphatic carbocycles. The lowest BCUT2D eigenvalue weighted by atomic mass is 10.3. The number of hydrogen-bond donors (Lipinski definition) is 0. The monoisotopic (exact) mass is 357 g/mol. The molecule has 0 aliphatic heterocycles. The second kappa shape index (κ2) is 4.36. The van der Waals surface area contributed by atoms with Gasteiger partial charge in [0, 0.05) is 0 Å². The highest BCUT2D eigenvalue weighted by atomic mass is 127. The number of alkyl halides is 5. The fraction of sp³-hybridized carbons (Fsp3) is 0.286. The van der Waals surface area contributed by atoms with E-state index in [1.807, 2.05) is 0 Å². The van der Waals surface area contributed by atoms with Gasteiger partial charge in [-0.05, 0) is 28.7 Å². The van der Waals surface area contributed by atoms with Crippen LogP contribution in [0.25, 0.3) is 0 Å². The average molecular weight is 357 g/mol. The Hall–Kier alpha value is -0.180. The summed E-state index contributed by atoms with van der Waals surface area (Å²) in [7, 11) is 0. The van der Waals surface area contributed by atoms with Crippen LogP contribution in [0.1, 0.15) is 17.8 Å². The van der Waals surface area contributed by atoms with Gasteiger partial charge in [-0.1, -0.05) is 11.6 Å². The van der Waals surface area contributed by atoms with E-state index in [2.05, 4.69) is 4.98 Å². The lowest BCUT2D eigenvalue weighted by Crippen LogP contribution is -2.12. The minimum Gasteiger partial charge on any atom is -0.241 e. The molecule has 1 aromatic heterocycles. The second-order valence-corrected chi connectivity index (χ2v) is 3.98. The Bertz CT molecular complexity index is 378. The van der Waals surface area contributed by atoms with Gasteiger partial charge in [0.15, 0.2) is 5.69 Å². The normalized spacial score (nSPS) is 12.3. The van der Waals surface area contributed by atoms with Gasteiger partial charge in [-0.15, -0.1) is 0 Å². The largest absolute Gasteiger partial charge is 0.434 e. The summed E-state index contributed by atoms with van der Waals surface area (Å²) in [6.45, 7) is 0. The van der Waals surface area contributed by atoms with Gasteiger partial charge in [-0.2, -0.15) is 13.2 Å².